The van der Waals surface area contributed by atoms with Crippen molar-refractivity contribution in [3.63, 3.8) is 0 Å². The van der Waals surface area contributed by atoms with Crippen LogP contribution in [0.5, 0.6) is 0 Å². The number of aromatic nitrogens is 1. The highest BCUT2D eigenvalue weighted by Gasteiger charge is 2.24. The number of carbonyl (C=O) groups is 1. The van der Waals surface area contributed by atoms with Crippen molar-refractivity contribution in [3.8, 4) is 11.8 Å². The first-order valence-corrected chi connectivity index (χ1v) is 9.14. The third-order valence-electron chi connectivity index (χ3n) is 4.64. The van der Waals surface area contributed by atoms with Crippen LogP contribution in [0.2, 0.25) is 0 Å². The largest absolute Gasteiger partial charge is 0.379 e. The SMILES string of the molecule is Cc1cc[nH]c(=O)c1Cc1ccc2c(c1)NC(=O)N[C@H]2C#CC1CC1.FC(F)F. The second kappa shape index (κ2) is 8.86. The average Bonchev–Trinajstić information content (AvgIpc) is 3.46. The number of nitrogens with one attached hydrogen (secondary N) is 3. The lowest BCUT2D eigenvalue weighted by Gasteiger charge is -2.24. The van der Waals surface area contributed by atoms with Gasteiger partial charge in [0.25, 0.3) is 5.56 Å². The number of anilines is 1. The van der Waals surface area contributed by atoms with Gasteiger partial charge >= 0.3 is 12.7 Å². The number of aryl methyl sites for hydroxylation is 1. The van der Waals surface area contributed by atoms with Gasteiger partial charge in [-0.25, -0.2) is 4.79 Å². The number of halogens is 3. The first-order valence-electron chi connectivity index (χ1n) is 9.14. The Labute approximate surface area is 165 Å². The number of alkyl halides is 3. The summed E-state index contributed by atoms with van der Waals surface area (Å²) in [5.41, 5.74) is 4.34. The minimum atomic E-state index is -3.67. The molecule has 1 atom stereocenters. The van der Waals surface area contributed by atoms with Gasteiger partial charge in [-0.05, 0) is 43.0 Å². The molecule has 0 bridgehead atoms. The monoisotopic (exact) mass is 403 g/mol. The van der Waals surface area contributed by atoms with Crippen LogP contribution >= 0.6 is 0 Å². The maximum absolute atomic E-state index is 12.0. The summed E-state index contributed by atoms with van der Waals surface area (Å²) in [6, 6.07) is 7.29. The molecule has 0 saturated heterocycles. The van der Waals surface area contributed by atoms with Crippen molar-refractivity contribution in [3.05, 3.63) is 63.1 Å². The highest BCUT2D eigenvalue weighted by Crippen LogP contribution is 2.31. The Morgan fingerprint density at radius 3 is 2.52 bits per heavy atom. The minimum absolute atomic E-state index is 0.0726. The van der Waals surface area contributed by atoms with E-state index in [1.54, 1.807) is 6.20 Å². The molecular weight excluding hydrogens is 383 g/mol. The van der Waals surface area contributed by atoms with Crippen LogP contribution in [0.1, 0.15) is 41.1 Å². The predicted octanol–water partition coefficient (Wildman–Crippen LogP) is 4.04. The lowest BCUT2D eigenvalue weighted by molar-refractivity contribution is 0.00819. The zero-order valence-corrected chi connectivity index (χ0v) is 15.7. The van der Waals surface area contributed by atoms with Gasteiger partial charge in [-0.15, -0.1) is 0 Å². The third kappa shape index (κ3) is 5.64. The van der Waals surface area contributed by atoms with Gasteiger partial charge in [0.15, 0.2) is 0 Å². The van der Waals surface area contributed by atoms with E-state index in [0.29, 0.717) is 12.3 Å². The molecule has 3 N–H and O–H groups in total. The molecule has 1 fully saturated rings. The number of carbonyl (C=O) groups excluding carboxylic acids is 1. The van der Waals surface area contributed by atoms with E-state index in [1.165, 1.54) is 0 Å². The average molecular weight is 403 g/mol. The molecule has 0 spiro atoms. The zero-order valence-electron chi connectivity index (χ0n) is 15.7. The van der Waals surface area contributed by atoms with E-state index in [2.05, 4.69) is 27.5 Å². The molecule has 0 radical (unpaired) electrons. The second-order valence-corrected chi connectivity index (χ2v) is 6.91. The van der Waals surface area contributed by atoms with Gasteiger partial charge in [-0.2, -0.15) is 13.2 Å². The van der Waals surface area contributed by atoms with Crippen molar-refractivity contribution in [1.29, 1.82) is 0 Å². The number of pyridine rings is 1. The molecule has 1 aliphatic heterocycles. The minimum Gasteiger partial charge on any atom is -0.329 e. The van der Waals surface area contributed by atoms with Gasteiger partial charge in [-0.3, -0.25) is 4.79 Å². The Morgan fingerprint density at radius 1 is 1.14 bits per heavy atom. The summed E-state index contributed by atoms with van der Waals surface area (Å²) >= 11 is 0. The first-order chi connectivity index (χ1) is 13.8. The van der Waals surface area contributed by atoms with Crippen LogP contribution in [0, 0.1) is 24.7 Å². The number of benzene rings is 1. The fourth-order valence-electron chi connectivity index (χ4n) is 3.02. The summed E-state index contributed by atoms with van der Waals surface area (Å²) in [6.07, 6.45) is 4.49. The lowest BCUT2D eigenvalue weighted by atomic mass is 9.96. The summed E-state index contributed by atoms with van der Waals surface area (Å²) in [5, 5.41) is 5.71. The van der Waals surface area contributed by atoms with Crippen LogP contribution < -0.4 is 16.2 Å². The van der Waals surface area contributed by atoms with Crippen molar-refractivity contribution >= 4 is 11.7 Å². The Kier molecular flexibility index (Phi) is 6.27. The Hall–Kier alpha value is -3.21. The quantitative estimate of drug-likeness (QED) is 0.662. The highest BCUT2D eigenvalue weighted by atomic mass is 19.4. The Morgan fingerprint density at radius 2 is 1.86 bits per heavy atom. The van der Waals surface area contributed by atoms with Crippen molar-refractivity contribution < 1.29 is 18.0 Å². The smallest absolute Gasteiger partial charge is 0.329 e. The molecule has 1 aromatic heterocycles. The second-order valence-electron chi connectivity index (χ2n) is 6.91. The molecule has 1 aromatic carbocycles. The van der Waals surface area contributed by atoms with Crippen LogP contribution in [0.4, 0.5) is 23.7 Å². The molecule has 8 heteroatoms. The molecule has 1 aliphatic carbocycles. The van der Waals surface area contributed by atoms with Crippen LogP contribution in [-0.2, 0) is 6.42 Å². The van der Waals surface area contributed by atoms with Crippen molar-refractivity contribution in [1.82, 2.24) is 10.3 Å². The number of amides is 2. The molecule has 2 aromatic rings. The molecule has 2 aliphatic rings. The van der Waals surface area contributed by atoms with Crippen LogP contribution in [-0.4, -0.2) is 17.7 Å². The van der Waals surface area contributed by atoms with E-state index in [4.69, 9.17) is 0 Å². The summed E-state index contributed by atoms with van der Waals surface area (Å²) in [4.78, 5) is 26.7. The molecule has 2 heterocycles. The Bertz CT molecular complexity index is 1020. The maximum Gasteiger partial charge on any atom is 0.379 e. The van der Waals surface area contributed by atoms with E-state index in [0.717, 1.165) is 40.8 Å². The van der Waals surface area contributed by atoms with Crippen molar-refractivity contribution in [2.45, 2.75) is 38.9 Å². The molecular formula is C21H20F3N3O2. The fourth-order valence-corrected chi connectivity index (χ4v) is 3.02. The van der Waals surface area contributed by atoms with Crippen molar-refractivity contribution in [2.24, 2.45) is 5.92 Å². The zero-order chi connectivity index (χ0) is 21.0. The van der Waals surface area contributed by atoms with Crippen molar-refractivity contribution in [2.75, 3.05) is 5.32 Å². The normalized spacial score (nSPS) is 17.1. The van der Waals surface area contributed by atoms with Crippen LogP contribution in [0.3, 0.4) is 0 Å². The number of hydrogen-bond acceptors (Lipinski definition) is 2. The van der Waals surface area contributed by atoms with E-state index in [-0.39, 0.29) is 17.6 Å². The van der Waals surface area contributed by atoms with Gasteiger partial charge in [0.2, 0.25) is 0 Å². The van der Waals surface area contributed by atoms with Crippen LogP contribution in [0.25, 0.3) is 0 Å². The number of urea groups is 1. The molecule has 5 nitrogen and oxygen atoms in total. The lowest BCUT2D eigenvalue weighted by Crippen LogP contribution is -2.37. The van der Waals surface area contributed by atoms with Gasteiger partial charge in [0.1, 0.15) is 6.04 Å². The highest BCUT2D eigenvalue weighted by molar-refractivity contribution is 5.93. The van der Waals surface area contributed by atoms with Gasteiger partial charge in [0.05, 0.1) is 0 Å². The standard InChI is InChI=1S/C20H19N3O2.CHF3/c1-12-8-9-21-19(24)16(12)10-14-4-6-15-17(7-5-13-2-3-13)22-20(25)23-18(15)11-14;2-1(3)4/h4,6,8-9,11,13,17H,2-3,10H2,1H3,(H,21,24)(H2,22,23,25);1H/t17-;/m0./s1. The van der Waals surface area contributed by atoms with Gasteiger partial charge < -0.3 is 15.6 Å². The predicted molar refractivity (Wildman–Crippen MR) is 104 cm³/mol. The molecule has 1 saturated carbocycles. The molecule has 0 unspecified atom stereocenters. The molecule has 29 heavy (non-hydrogen) atoms. The molecule has 4 rings (SSSR count). The molecule has 152 valence electrons. The fraction of sp³-hybridized carbons (Fsp3) is 0.333. The van der Waals surface area contributed by atoms with Crippen LogP contribution in [0.15, 0.2) is 35.3 Å². The topological polar surface area (TPSA) is 74.0 Å². The number of aromatic amines is 1. The number of fused-ring (bicyclic) bond motifs is 1. The van der Waals surface area contributed by atoms with E-state index in [9.17, 15) is 22.8 Å². The Balaban J connectivity index is 0.000000552. The maximum atomic E-state index is 12.0. The van der Waals surface area contributed by atoms with E-state index in [1.807, 2.05) is 31.2 Å². The van der Waals surface area contributed by atoms with Gasteiger partial charge in [-0.1, -0.05) is 24.0 Å². The third-order valence-corrected chi connectivity index (χ3v) is 4.64. The number of hydrogen-bond donors (Lipinski definition) is 3. The van der Waals surface area contributed by atoms with Gasteiger partial charge in [0, 0.05) is 35.3 Å². The summed E-state index contributed by atoms with van der Waals surface area (Å²) in [7, 11) is 0. The first kappa shape index (κ1) is 20.5. The number of H-pyrrole nitrogens is 1. The summed E-state index contributed by atoms with van der Waals surface area (Å²) in [6.45, 7) is -1.74. The summed E-state index contributed by atoms with van der Waals surface area (Å²) < 4.78 is 29.0. The molecule has 2 amide bonds. The van der Waals surface area contributed by atoms with E-state index < -0.39 is 6.68 Å². The summed E-state index contributed by atoms with van der Waals surface area (Å²) in [5.74, 6) is 6.89. The number of rotatable bonds is 2. The van der Waals surface area contributed by atoms with E-state index >= 15 is 0 Å².